The number of hydrogen-bond acceptors (Lipinski definition) is 4. The fourth-order valence-electron chi connectivity index (χ4n) is 1.54. The molecule has 1 fully saturated rings. The number of nitrogens with zero attached hydrogens (tertiary/aromatic N) is 1. The molecule has 0 aliphatic carbocycles. The van der Waals surface area contributed by atoms with Crippen LogP contribution >= 0.6 is 27.3 Å². The number of rotatable bonds is 2. The molecular formula is C9H13BrN2OS. The molecule has 5 heteroatoms. The average Bonchev–Trinajstić information content (AvgIpc) is 2.65. The first kappa shape index (κ1) is 10.4. The zero-order chi connectivity index (χ0) is 9.97. The monoisotopic (exact) mass is 276 g/mol. The highest BCUT2D eigenvalue weighted by Gasteiger charge is 2.20. The minimum atomic E-state index is 0.185. The lowest BCUT2D eigenvalue weighted by molar-refractivity contribution is 0.0468. The molecule has 1 saturated heterocycles. The maximum absolute atomic E-state index is 5.59. The first-order valence-electron chi connectivity index (χ1n) is 4.61. The summed E-state index contributed by atoms with van der Waals surface area (Å²) >= 11 is 5.22. The highest BCUT2D eigenvalue weighted by molar-refractivity contribution is 9.11. The van der Waals surface area contributed by atoms with Gasteiger partial charge < -0.3 is 15.4 Å². The van der Waals surface area contributed by atoms with Gasteiger partial charge in [-0.15, -0.1) is 11.3 Å². The van der Waals surface area contributed by atoms with E-state index in [0.717, 1.165) is 19.7 Å². The van der Waals surface area contributed by atoms with E-state index in [0.29, 0.717) is 6.54 Å². The van der Waals surface area contributed by atoms with E-state index in [1.807, 2.05) is 0 Å². The first-order chi connectivity index (χ1) is 6.79. The molecule has 0 spiro atoms. The molecule has 1 atom stereocenters. The molecule has 14 heavy (non-hydrogen) atoms. The van der Waals surface area contributed by atoms with Gasteiger partial charge in [0.15, 0.2) is 0 Å². The van der Waals surface area contributed by atoms with Gasteiger partial charge in [-0.1, -0.05) is 0 Å². The van der Waals surface area contributed by atoms with E-state index < -0.39 is 0 Å². The summed E-state index contributed by atoms with van der Waals surface area (Å²) in [5.41, 5.74) is 5.59. The van der Waals surface area contributed by atoms with Crippen molar-refractivity contribution in [1.82, 2.24) is 0 Å². The Kier molecular flexibility index (Phi) is 3.43. The highest BCUT2D eigenvalue weighted by atomic mass is 79.9. The zero-order valence-corrected chi connectivity index (χ0v) is 10.2. The van der Waals surface area contributed by atoms with Gasteiger partial charge in [0.1, 0.15) is 0 Å². The van der Waals surface area contributed by atoms with E-state index in [2.05, 4.69) is 33.0 Å². The Balaban J connectivity index is 2.04. The lowest BCUT2D eigenvalue weighted by atomic mass is 10.3. The molecule has 1 aromatic heterocycles. The van der Waals surface area contributed by atoms with Crippen molar-refractivity contribution in [2.24, 2.45) is 5.73 Å². The van der Waals surface area contributed by atoms with Crippen molar-refractivity contribution in [1.29, 1.82) is 0 Å². The van der Waals surface area contributed by atoms with Gasteiger partial charge in [-0.25, -0.2) is 0 Å². The molecule has 78 valence electrons. The van der Waals surface area contributed by atoms with E-state index in [1.165, 1.54) is 8.79 Å². The minimum absolute atomic E-state index is 0.185. The zero-order valence-electron chi connectivity index (χ0n) is 7.78. The summed E-state index contributed by atoms with van der Waals surface area (Å²) in [6, 6.07) is 4.21. The number of ether oxygens (including phenoxy) is 1. The van der Waals surface area contributed by atoms with E-state index in [1.54, 1.807) is 11.3 Å². The van der Waals surface area contributed by atoms with Crippen LogP contribution < -0.4 is 10.6 Å². The lowest BCUT2D eigenvalue weighted by Crippen LogP contribution is -2.45. The van der Waals surface area contributed by atoms with Crippen LogP contribution in [0.4, 0.5) is 5.00 Å². The summed E-state index contributed by atoms with van der Waals surface area (Å²) in [5, 5.41) is 1.29. The summed E-state index contributed by atoms with van der Waals surface area (Å²) < 4.78 is 6.68. The molecule has 2 N–H and O–H groups in total. The Morgan fingerprint density at radius 1 is 1.64 bits per heavy atom. The minimum Gasteiger partial charge on any atom is -0.373 e. The predicted octanol–water partition coefficient (Wildman–Crippen LogP) is 1.67. The van der Waals surface area contributed by atoms with Crippen LogP contribution in [0.1, 0.15) is 0 Å². The number of thiophene rings is 1. The number of nitrogens with two attached hydrogens (primary N) is 1. The third kappa shape index (κ3) is 2.28. The quantitative estimate of drug-likeness (QED) is 0.893. The molecule has 0 unspecified atom stereocenters. The van der Waals surface area contributed by atoms with Crippen LogP contribution in [0.3, 0.4) is 0 Å². The Hall–Kier alpha value is -0.100. The maximum Gasteiger partial charge on any atom is 0.0922 e. The van der Waals surface area contributed by atoms with Gasteiger partial charge >= 0.3 is 0 Å². The van der Waals surface area contributed by atoms with Gasteiger partial charge in [0.05, 0.1) is 21.5 Å². The largest absolute Gasteiger partial charge is 0.373 e. The van der Waals surface area contributed by atoms with E-state index in [-0.39, 0.29) is 6.10 Å². The summed E-state index contributed by atoms with van der Waals surface area (Å²) in [5.74, 6) is 0. The Labute approximate surface area is 96.0 Å². The topological polar surface area (TPSA) is 38.5 Å². The van der Waals surface area contributed by atoms with Gasteiger partial charge in [0.2, 0.25) is 0 Å². The summed E-state index contributed by atoms with van der Waals surface area (Å²) in [6.45, 7) is 3.24. The van der Waals surface area contributed by atoms with E-state index >= 15 is 0 Å². The standard InChI is InChI=1S/C9H13BrN2OS/c10-8-1-2-9(14-8)12-3-4-13-7(5-11)6-12/h1-2,7H,3-6,11H2/t7-/m0/s1. The molecule has 2 rings (SSSR count). The second kappa shape index (κ2) is 4.61. The third-order valence-corrected chi connectivity index (χ3v) is 3.96. The Morgan fingerprint density at radius 2 is 2.50 bits per heavy atom. The van der Waals surface area contributed by atoms with Crippen molar-refractivity contribution in [3.63, 3.8) is 0 Å². The average molecular weight is 277 g/mol. The molecule has 1 aliphatic heterocycles. The van der Waals surface area contributed by atoms with Gasteiger partial charge in [0, 0.05) is 19.6 Å². The molecule has 0 aromatic carbocycles. The molecule has 1 aliphatic rings. The summed E-state index contributed by atoms with van der Waals surface area (Å²) in [6.07, 6.45) is 0.185. The number of halogens is 1. The fraction of sp³-hybridized carbons (Fsp3) is 0.556. The van der Waals surface area contributed by atoms with Gasteiger partial charge in [-0.05, 0) is 28.1 Å². The molecule has 0 saturated carbocycles. The fourth-order valence-corrected chi connectivity index (χ4v) is 2.93. The molecule has 1 aromatic rings. The second-order valence-electron chi connectivity index (χ2n) is 3.25. The number of hydrogen-bond donors (Lipinski definition) is 1. The van der Waals surface area contributed by atoms with Crippen LogP contribution in [0, 0.1) is 0 Å². The van der Waals surface area contributed by atoms with Crippen molar-refractivity contribution in [3.8, 4) is 0 Å². The summed E-state index contributed by atoms with van der Waals surface area (Å²) in [7, 11) is 0. The molecule has 0 radical (unpaired) electrons. The normalized spacial score (nSPS) is 22.7. The highest BCUT2D eigenvalue weighted by Crippen LogP contribution is 2.30. The van der Waals surface area contributed by atoms with Crippen molar-refractivity contribution < 1.29 is 4.74 Å². The van der Waals surface area contributed by atoms with Crippen molar-refractivity contribution in [3.05, 3.63) is 15.9 Å². The molecule has 0 amide bonds. The van der Waals surface area contributed by atoms with Gasteiger partial charge in [-0.2, -0.15) is 0 Å². The van der Waals surface area contributed by atoms with Crippen molar-refractivity contribution in [2.75, 3.05) is 31.1 Å². The van der Waals surface area contributed by atoms with Crippen LogP contribution in [0.15, 0.2) is 15.9 Å². The van der Waals surface area contributed by atoms with Crippen LogP contribution in [-0.4, -0.2) is 32.3 Å². The third-order valence-electron chi connectivity index (χ3n) is 2.27. The van der Waals surface area contributed by atoms with Crippen LogP contribution in [0.2, 0.25) is 0 Å². The second-order valence-corrected chi connectivity index (χ2v) is 5.69. The molecule has 0 bridgehead atoms. The molecular weight excluding hydrogens is 264 g/mol. The summed E-state index contributed by atoms with van der Waals surface area (Å²) in [4.78, 5) is 2.33. The maximum atomic E-state index is 5.59. The SMILES string of the molecule is NC[C@H]1CN(c2ccc(Br)s2)CCO1. The lowest BCUT2D eigenvalue weighted by Gasteiger charge is -2.32. The van der Waals surface area contributed by atoms with Crippen molar-refractivity contribution in [2.45, 2.75) is 6.10 Å². The molecule has 2 heterocycles. The van der Waals surface area contributed by atoms with E-state index in [4.69, 9.17) is 10.5 Å². The number of morpholine rings is 1. The predicted molar refractivity (Wildman–Crippen MR) is 63.0 cm³/mol. The van der Waals surface area contributed by atoms with Gasteiger partial charge in [-0.3, -0.25) is 0 Å². The Bertz CT molecular complexity index is 305. The van der Waals surface area contributed by atoms with Crippen molar-refractivity contribution >= 4 is 32.3 Å². The number of anilines is 1. The van der Waals surface area contributed by atoms with Crippen LogP contribution in [0.5, 0.6) is 0 Å². The van der Waals surface area contributed by atoms with Crippen LogP contribution in [-0.2, 0) is 4.74 Å². The van der Waals surface area contributed by atoms with Crippen LogP contribution in [0.25, 0.3) is 0 Å². The molecule has 3 nitrogen and oxygen atoms in total. The first-order valence-corrected chi connectivity index (χ1v) is 6.22. The smallest absolute Gasteiger partial charge is 0.0922 e. The Morgan fingerprint density at radius 3 is 3.14 bits per heavy atom. The van der Waals surface area contributed by atoms with Gasteiger partial charge in [0.25, 0.3) is 0 Å². The van der Waals surface area contributed by atoms with E-state index in [9.17, 15) is 0 Å².